The maximum atomic E-state index is 3.57. The third-order valence-corrected chi connectivity index (χ3v) is 3.60. The maximum absolute atomic E-state index is 3.57. The highest BCUT2D eigenvalue weighted by atomic mass is 15.2. The standard InChI is InChI=1S/C15H34N2/c1-7-8-9-10-16-12-15(5)17(6)14(4)11-13(2)3/h13-16H,7-12H2,1-6H3. The van der Waals surface area contributed by atoms with E-state index in [1.54, 1.807) is 0 Å². The zero-order valence-electron chi connectivity index (χ0n) is 12.9. The van der Waals surface area contributed by atoms with E-state index in [1.807, 2.05) is 0 Å². The molecule has 2 unspecified atom stereocenters. The Morgan fingerprint density at radius 1 is 1.00 bits per heavy atom. The van der Waals surface area contributed by atoms with Gasteiger partial charge in [-0.15, -0.1) is 0 Å². The summed E-state index contributed by atoms with van der Waals surface area (Å²) in [7, 11) is 2.26. The van der Waals surface area contributed by atoms with Gasteiger partial charge in [0.1, 0.15) is 0 Å². The fourth-order valence-electron chi connectivity index (χ4n) is 2.24. The Morgan fingerprint density at radius 3 is 2.18 bits per heavy atom. The molecule has 0 fully saturated rings. The summed E-state index contributed by atoms with van der Waals surface area (Å²) < 4.78 is 0. The fraction of sp³-hybridized carbons (Fsp3) is 1.00. The Labute approximate surface area is 109 Å². The van der Waals surface area contributed by atoms with E-state index >= 15 is 0 Å². The van der Waals surface area contributed by atoms with Crippen LogP contribution in [-0.4, -0.2) is 37.1 Å². The van der Waals surface area contributed by atoms with Gasteiger partial charge in [-0.2, -0.15) is 0 Å². The largest absolute Gasteiger partial charge is 0.315 e. The van der Waals surface area contributed by atoms with Gasteiger partial charge < -0.3 is 5.32 Å². The van der Waals surface area contributed by atoms with Gasteiger partial charge in [0.15, 0.2) is 0 Å². The number of nitrogens with one attached hydrogen (secondary N) is 1. The van der Waals surface area contributed by atoms with Gasteiger partial charge in [-0.1, -0.05) is 33.6 Å². The van der Waals surface area contributed by atoms with E-state index in [-0.39, 0.29) is 0 Å². The monoisotopic (exact) mass is 242 g/mol. The number of unbranched alkanes of at least 4 members (excludes halogenated alkanes) is 2. The normalized spacial score (nSPS) is 15.5. The quantitative estimate of drug-likeness (QED) is 0.590. The lowest BCUT2D eigenvalue weighted by Crippen LogP contribution is -2.43. The summed E-state index contributed by atoms with van der Waals surface area (Å²) in [4.78, 5) is 2.51. The van der Waals surface area contributed by atoms with Gasteiger partial charge in [-0.3, -0.25) is 4.90 Å². The van der Waals surface area contributed by atoms with Crippen molar-refractivity contribution in [1.82, 2.24) is 10.2 Å². The molecule has 104 valence electrons. The van der Waals surface area contributed by atoms with Crippen LogP contribution in [-0.2, 0) is 0 Å². The van der Waals surface area contributed by atoms with E-state index in [2.05, 4.69) is 51.9 Å². The summed E-state index contributed by atoms with van der Waals surface area (Å²) >= 11 is 0. The minimum atomic E-state index is 0.630. The van der Waals surface area contributed by atoms with E-state index in [0.717, 1.165) is 12.5 Å². The first-order valence-corrected chi connectivity index (χ1v) is 7.41. The molecule has 0 saturated carbocycles. The number of likely N-dealkylation sites (N-methyl/N-ethyl adjacent to an activating group) is 1. The molecule has 0 aromatic carbocycles. The SMILES string of the molecule is CCCCCNCC(C)N(C)C(C)CC(C)C. The molecular formula is C15H34N2. The highest BCUT2D eigenvalue weighted by molar-refractivity contribution is 4.73. The molecule has 0 aromatic heterocycles. The van der Waals surface area contributed by atoms with Crippen LogP contribution in [0.5, 0.6) is 0 Å². The van der Waals surface area contributed by atoms with Crippen LogP contribution < -0.4 is 5.32 Å². The van der Waals surface area contributed by atoms with Crippen molar-refractivity contribution in [2.45, 2.75) is 72.4 Å². The van der Waals surface area contributed by atoms with Crippen LogP contribution in [0.15, 0.2) is 0 Å². The Hall–Kier alpha value is -0.0800. The molecule has 0 spiro atoms. The lowest BCUT2D eigenvalue weighted by molar-refractivity contribution is 0.172. The molecule has 0 aliphatic heterocycles. The van der Waals surface area contributed by atoms with E-state index in [9.17, 15) is 0 Å². The van der Waals surface area contributed by atoms with Crippen molar-refractivity contribution in [3.8, 4) is 0 Å². The van der Waals surface area contributed by atoms with Crippen molar-refractivity contribution >= 4 is 0 Å². The molecule has 0 aromatic rings. The van der Waals surface area contributed by atoms with Gasteiger partial charge in [0.25, 0.3) is 0 Å². The lowest BCUT2D eigenvalue weighted by Gasteiger charge is -2.32. The number of rotatable bonds is 10. The average Bonchev–Trinajstić information content (AvgIpc) is 2.26. The molecule has 2 nitrogen and oxygen atoms in total. The number of nitrogens with zero attached hydrogens (tertiary/aromatic N) is 1. The second kappa shape index (κ2) is 9.90. The van der Waals surface area contributed by atoms with Crippen LogP contribution in [0, 0.1) is 5.92 Å². The Morgan fingerprint density at radius 2 is 1.65 bits per heavy atom. The summed E-state index contributed by atoms with van der Waals surface area (Å²) in [6.07, 6.45) is 5.26. The number of hydrogen-bond donors (Lipinski definition) is 1. The zero-order valence-corrected chi connectivity index (χ0v) is 12.9. The van der Waals surface area contributed by atoms with Gasteiger partial charge in [-0.05, 0) is 46.2 Å². The van der Waals surface area contributed by atoms with Gasteiger partial charge in [0.2, 0.25) is 0 Å². The van der Waals surface area contributed by atoms with Crippen molar-refractivity contribution in [3.63, 3.8) is 0 Å². The molecule has 0 heterocycles. The van der Waals surface area contributed by atoms with Crippen molar-refractivity contribution in [2.24, 2.45) is 5.92 Å². The minimum absolute atomic E-state index is 0.630. The zero-order chi connectivity index (χ0) is 13.3. The molecule has 1 N–H and O–H groups in total. The second-order valence-corrected chi connectivity index (χ2v) is 5.90. The molecule has 0 aliphatic carbocycles. The smallest absolute Gasteiger partial charge is 0.0192 e. The van der Waals surface area contributed by atoms with E-state index in [0.29, 0.717) is 12.1 Å². The first kappa shape index (κ1) is 16.9. The van der Waals surface area contributed by atoms with Crippen molar-refractivity contribution in [1.29, 1.82) is 0 Å². The lowest BCUT2D eigenvalue weighted by atomic mass is 10.0. The molecule has 0 aliphatic rings. The van der Waals surface area contributed by atoms with Crippen molar-refractivity contribution in [2.75, 3.05) is 20.1 Å². The van der Waals surface area contributed by atoms with Gasteiger partial charge in [0, 0.05) is 18.6 Å². The van der Waals surface area contributed by atoms with Crippen LogP contribution in [0.4, 0.5) is 0 Å². The molecule has 0 saturated heterocycles. The van der Waals surface area contributed by atoms with Crippen LogP contribution >= 0.6 is 0 Å². The molecule has 0 amide bonds. The van der Waals surface area contributed by atoms with Crippen LogP contribution in [0.25, 0.3) is 0 Å². The topological polar surface area (TPSA) is 15.3 Å². The predicted molar refractivity (Wildman–Crippen MR) is 78.5 cm³/mol. The molecular weight excluding hydrogens is 208 g/mol. The van der Waals surface area contributed by atoms with Gasteiger partial charge >= 0.3 is 0 Å². The van der Waals surface area contributed by atoms with E-state index in [4.69, 9.17) is 0 Å². The molecule has 2 atom stereocenters. The molecule has 0 rings (SSSR count). The summed E-state index contributed by atoms with van der Waals surface area (Å²) in [5.41, 5.74) is 0. The van der Waals surface area contributed by atoms with Crippen LogP contribution in [0.2, 0.25) is 0 Å². The van der Waals surface area contributed by atoms with Crippen molar-refractivity contribution < 1.29 is 0 Å². The molecule has 0 radical (unpaired) electrons. The summed E-state index contributed by atoms with van der Waals surface area (Å²) in [5, 5.41) is 3.57. The third-order valence-electron chi connectivity index (χ3n) is 3.60. The van der Waals surface area contributed by atoms with E-state index in [1.165, 1.54) is 32.2 Å². The maximum Gasteiger partial charge on any atom is 0.0192 e. The van der Waals surface area contributed by atoms with E-state index < -0.39 is 0 Å². The first-order chi connectivity index (χ1) is 7.99. The van der Waals surface area contributed by atoms with Gasteiger partial charge in [-0.25, -0.2) is 0 Å². The van der Waals surface area contributed by atoms with Crippen LogP contribution in [0.1, 0.15) is 60.3 Å². The highest BCUT2D eigenvalue weighted by Crippen LogP contribution is 2.11. The summed E-state index contributed by atoms with van der Waals surface area (Å²) in [6.45, 7) is 13.8. The average molecular weight is 242 g/mol. The Bertz CT molecular complexity index is 168. The van der Waals surface area contributed by atoms with Crippen LogP contribution in [0.3, 0.4) is 0 Å². The van der Waals surface area contributed by atoms with Crippen molar-refractivity contribution in [3.05, 3.63) is 0 Å². The first-order valence-electron chi connectivity index (χ1n) is 7.41. The Kier molecular flexibility index (Phi) is 9.85. The summed E-state index contributed by atoms with van der Waals surface area (Å²) in [5.74, 6) is 0.789. The number of hydrogen-bond acceptors (Lipinski definition) is 2. The Balaban J connectivity index is 3.69. The fourth-order valence-corrected chi connectivity index (χ4v) is 2.24. The minimum Gasteiger partial charge on any atom is -0.315 e. The molecule has 17 heavy (non-hydrogen) atoms. The molecule has 0 bridgehead atoms. The second-order valence-electron chi connectivity index (χ2n) is 5.90. The third kappa shape index (κ3) is 8.62. The summed E-state index contributed by atoms with van der Waals surface area (Å²) in [6, 6.07) is 1.31. The molecule has 2 heteroatoms. The van der Waals surface area contributed by atoms with Gasteiger partial charge in [0.05, 0.1) is 0 Å². The highest BCUT2D eigenvalue weighted by Gasteiger charge is 2.16. The predicted octanol–water partition coefficient (Wildman–Crippen LogP) is 3.52.